The Bertz CT molecular complexity index is 1420. The molecule has 10 heteroatoms. The molecule has 0 radical (unpaired) electrons. The molecule has 0 amide bonds. The van der Waals surface area contributed by atoms with Gasteiger partial charge in [0.05, 0.1) is 36.1 Å². The summed E-state index contributed by atoms with van der Waals surface area (Å²) in [5.41, 5.74) is 4.04. The third-order valence-corrected chi connectivity index (χ3v) is 7.89. The Labute approximate surface area is 213 Å². The zero-order valence-electron chi connectivity index (χ0n) is 20.6. The van der Waals surface area contributed by atoms with Crippen LogP contribution in [0.2, 0.25) is 0 Å². The molecule has 5 rings (SSSR count). The first kappa shape index (κ1) is 24.4. The Balaban J connectivity index is 1.47. The molecule has 5 heterocycles. The summed E-state index contributed by atoms with van der Waals surface area (Å²) in [6.07, 6.45) is 8.94. The van der Waals surface area contributed by atoms with E-state index in [-0.39, 0.29) is 5.03 Å². The zero-order chi connectivity index (χ0) is 25.2. The van der Waals surface area contributed by atoms with Gasteiger partial charge in [-0.15, -0.1) is 0 Å². The maximum atomic E-state index is 14.4. The molecule has 0 bridgehead atoms. The van der Waals surface area contributed by atoms with Crippen LogP contribution in [0.25, 0.3) is 16.6 Å². The minimum atomic E-state index is -0.403. The van der Waals surface area contributed by atoms with Gasteiger partial charge in [-0.05, 0) is 44.9 Å². The zero-order valence-corrected chi connectivity index (χ0v) is 21.4. The van der Waals surface area contributed by atoms with Gasteiger partial charge in [0.1, 0.15) is 11.1 Å². The molecule has 1 saturated heterocycles. The number of likely N-dealkylation sites (tertiary alicyclic amines) is 1. The summed E-state index contributed by atoms with van der Waals surface area (Å²) in [5, 5.41) is 19.0. The van der Waals surface area contributed by atoms with Crippen molar-refractivity contribution >= 4 is 17.3 Å². The SMILES string of the molecule is COC[C@@H](C)N1CCC(n2ncc(-c3cc(Sc4ncccc4F)c4c(C#N)cnn4c3)c2C)CC1. The van der Waals surface area contributed by atoms with E-state index < -0.39 is 5.82 Å². The Morgan fingerprint density at radius 2 is 2.08 bits per heavy atom. The van der Waals surface area contributed by atoms with Crippen molar-refractivity contribution in [2.24, 2.45) is 0 Å². The largest absolute Gasteiger partial charge is 0.383 e. The fraction of sp³-hybridized carbons (Fsp3) is 0.385. The number of hydrogen-bond donors (Lipinski definition) is 0. The Kier molecular flexibility index (Phi) is 7.05. The first-order chi connectivity index (χ1) is 17.5. The highest BCUT2D eigenvalue weighted by molar-refractivity contribution is 7.99. The van der Waals surface area contributed by atoms with Crippen molar-refractivity contribution in [2.75, 3.05) is 26.8 Å². The maximum absolute atomic E-state index is 14.4. The molecule has 0 unspecified atom stereocenters. The molecule has 0 N–H and O–H groups in total. The molecule has 0 saturated carbocycles. The van der Waals surface area contributed by atoms with Crippen molar-refractivity contribution < 1.29 is 9.13 Å². The minimum absolute atomic E-state index is 0.253. The number of piperidine rings is 1. The lowest BCUT2D eigenvalue weighted by Gasteiger charge is -2.36. The average Bonchev–Trinajstić information content (AvgIpc) is 3.49. The topological polar surface area (TPSA) is 84.3 Å². The van der Waals surface area contributed by atoms with Crippen molar-refractivity contribution in [3.8, 4) is 17.2 Å². The summed E-state index contributed by atoms with van der Waals surface area (Å²) in [5.74, 6) is -0.403. The number of nitriles is 1. The van der Waals surface area contributed by atoms with E-state index in [1.165, 1.54) is 24.0 Å². The quantitative estimate of drug-likeness (QED) is 0.359. The first-order valence-electron chi connectivity index (χ1n) is 12.0. The number of aromatic nitrogens is 5. The van der Waals surface area contributed by atoms with E-state index in [0.717, 1.165) is 49.4 Å². The smallest absolute Gasteiger partial charge is 0.155 e. The van der Waals surface area contributed by atoms with Crippen LogP contribution in [0, 0.1) is 24.1 Å². The first-order valence-corrected chi connectivity index (χ1v) is 12.8. The number of rotatable bonds is 7. The molecule has 0 aliphatic carbocycles. The van der Waals surface area contributed by atoms with E-state index in [9.17, 15) is 9.65 Å². The van der Waals surface area contributed by atoms with Crippen molar-refractivity contribution in [3.05, 3.63) is 60.1 Å². The van der Waals surface area contributed by atoms with Crippen LogP contribution in [0.15, 0.2) is 52.9 Å². The number of methoxy groups -OCH3 is 1. The Morgan fingerprint density at radius 3 is 2.81 bits per heavy atom. The van der Waals surface area contributed by atoms with Crippen LogP contribution in [0.5, 0.6) is 0 Å². The van der Waals surface area contributed by atoms with E-state index in [4.69, 9.17) is 9.84 Å². The lowest BCUT2D eigenvalue weighted by Crippen LogP contribution is -2.42. The summed E-state index contributed by atoms with van der Waals surface area (Å²) >= 11 is 1.19. The van der Waals surface area contributed by atoms with Gasteiger partial charge < -0.3 is 4.74 Å². The number of halogens is 1. The van der Waals surface area contributed by atoms with Gasteiger partial charge in [0, 0.05) is 60.4 Å². The van der Waals surface area contributed by atoms with E-state index in [2.05, 4.69) is 39.6 Å². The highest BCUT2D eigenvalue weighted by Crippen LogP contribution is 2.37. The van der Waals surface area contributed by atoms with Crippen LogP contribution in [0.4, 0.5) is 4.39 Å². The van der Waals surface area contributed by atoms with Gasteiger partial charge >= 0.3 is 0 Å². The fourth-order valence-electron chi connectivity index (χ4n) is 4.93. The van der Waals surface area contributed by atoms with Crippen LogP contribution in [0.1, 0.15) is 37.1 Å². The van der Waals surface area contributed by atoms with Crippen LogP contribution >= 0.6 is 11.8 Å². The lowest BCUT2D eigenvalue weighted by molar-refractivity contribution is 0.0731. The van der Waals surface area contributed by atoms with E-state index >= 15 is 0 Å². The summed E-state index contributed by atoms with van der Waals surface area (Å²) in [6, 6.07) is 7.84. The average molecular weight is 506 g/mol. The molecule has 36 heavy (non-hydrogen) atoms. The van der Waals surface area contributed by atoms with Gasteiger partial charge in [-0.2, -0.15) is 15.5 Å². The van der Waals surface area contributed by atoms with E-state index in [1.54, 1.807) is 23.9 Å². The highest BCUT2D eigenvalue weighted by atomic mass is 32.2. The molecule has 1 fully saturated rings. The van der Waals surface area contributed by atoms with Gasteiger partial charge in [0.25, 0.3) is 0 Å². The van der Waals surface area contributed by atoms with Crippen LogP contribution in [0.3, 0.4) is 0 Å². The Morgan fingerprint density at radius 1 is 1.28 bits per heavy atom. The van der Waals surface area contributed by atoms with Gasteiger partial charge in [0.2, 0.25) is 0 Å². The molecule has 0 aromatic carbocycles. The summed E-state index contributed by atoms with van der Waals surface area (Å²) < 4.78 is 23.5. The molecule has 186 valence electrons. The minimum Gasteiger partial charge on any atom is -0.383 e. The monoisotopic (exact) mass is 505 g/mol. The Hall–Kier alpha value is -3.26. The van der Waals surface area contributed by atoms with Gasteiger partial charge in [-0.1, -0.05) is 11.8 Å². The lowest BCUT2D eigenvalue weighted by atomic mass is 10.0. The van der Waals surface area contributed by atoms with Crippen molar-refractivity contribution in [2.45, 2.75) is 48.7 Å². The highest BCUT2D eigenvalue weighted by Gasteiger charge is 2.26. The molecular weight excluding hydrogens is 477 g/mol. The van der Waals surface area contributed by atoms with E-state index in [1.807, 2.05) is 18.5 Å². The van der Waals surface area contributed by atoms with Crippen molar-refractivity contribution in [3.63, 3.8) is 0 Å². The van der Waals surface area contributed by atoms with Gasteiger partial charge in [-0.25, -0.2) is 13.9 Å². The van der Waals surface area contributed by atoms with E-state index in [0.29, 0.717) is 28.1 Å². The summed E-state index contributed by atoms with van der Waals surface area (Å²) in [6.45, 7) is 7.05. The molecule has 1 aliphatic heterocycles. The molecule has 1 atom stereocenters. The molecule has 4 aromatic heterocycles. The number of pyridine rings is 2. The van der Waals surface area contributed by atoms with Crippen molar-refractivity contribution in [1.82, 2.24) is 29.3 Å². The second-order valence-electron chi connectivity index (χ2n) is 9.11. The van der Waals surface area contributed by atoms with Crippen LogP contribution in [-0.4, -0.2) is 62.1 Å². The molecule has 1 aliphatic rings. The van der Waals surface area contributed by atoms with Crippen LogP contribution < -0.4 is 0 Å². The third-order valence-electron chi connectivity index (χ3n) is 6.86. The number of nitrogens with zero attached hydrogens (tertiary/aromatic N) is 7. The molecular formula is C26H28FN7OS. The van der Waals surface area contributed by atoms with Gasteiger partial charge in [-0.3, -0.25) is 9.58 Å². The summed E-state index contributed by atoms with van der Waals surface area (Å²) in [4.78, 5) is 7.37. The van der Waals surface area contributed by atoms with Crippen molar-refractivity contribution in [1.29, 1.82) is 5.26 Å². The number of ether oxygens (including phenoxy) is 1. The van der Waals surface area contributed by atoms with Crippen LogP contribution in [-0.2, 0) is 4.74 Å². The second kappa shape index (κ2) is 10.4. The standard InChI is InChI=1S/C26H28FN7OS/c1-17(16-35-3)32-9-6-21(7-10-32)34-18(2)22(14-31-34)19-11-24(36-26-23(27)5-4-8-29-26)25-20(12-28)13-30-33(25)15-19/h4-5,8,11,13-15,17,21H,6-7,9-10,16H2,1-3H3/t17-/m1/s1. The molecule has 0 spiro atoms. The van der Waals surface area contributed by atoms with Gasteiger partial charge in [0.15, 0.2) is 5.82 Å². The summed E-state index contributed by atoms with van der Waals surface area (Å²) in [7, 11) is 1.75. The maximum Gasteiger partial charge on any atom is 0.155 e. The normalized spacial score (nSPS) is 15.9. The fourth-order valence-corrected chi connectivity index (χ4v) is 5.91. The predicted molar refractivity (Wildman–Crippen MR) is 135 cm³/mol. The molecule has 8 nitrogen and oxygen atoms in total. The third kappa shape index (κ3) is 4.62. The number of hydrogen-bond acceptors (Lipinski definition) is 7. The predicted octanol–water partition coefficient (Wildman–Crippen LogP) is 4.74. The molecule has 4 aromatic rings. The second-order valence-corrected chi connectivity index (χ2v) is 10.1. The number of fused-ring (bicyclic) bond motifs is 1.